The Labute approximate surface area is 153 Å². The summed E-state index contributed by atoms with van der Waals surface area (Å²) in [7, 11) is 5.35. The second-order valence-corrected chi connectivity index (χ2v) is 7.07. The standard InChI is InChI=1S/C18H26N6O2/c1-13-15(11-22(3)20-13)10-21(2)18(26)14-6-5-7-24(12-14)16-8-17(25)23(4)19-9-16/h8-9,11,14H,5-7,10,12H2,1-4H3. The molecule has 0 aromatic carbocycles. The van der Waals surface area contributed by atoms with Crippen molar-refractivity contribution in [2.24, 2.45) is 20.0 Å². The van der Waals surface area contributed by atoms with Gasteiger partial charge in [-0.2, -0.15) is 10.2 Å². The van der Waals surface area contributed by atoms with Gasteiger partial charge in [0.2, 0.25) is 5.91 Å². The summed E-state index contributed by atoms with van der Waals surface area (Å²) in [5, 5.41) is 8.42. The number of carbonyl (C=O) groups excluding carboxylic acids is 1. The van der Waals surface area contributed by atoms with Crippen LogP contribution in [0.2, 0.25) is 0 Å². The first-order valence-electron chi connectivity index (χ1n) is 8.87. The number of aryl methyl sites for hydroxylation is 3. The maximum Gasteiger partial charge on any atom is 0.268 e. The van der Waals surface area contributed by atoms with Crippen molar-refractivity contribution in [2.45, 2.75) is 26.3 Å². The summed E-state index contributed by atoms with van der Waals surface area (Å²) in [6, 6.07) is 1.59. The zero-order chi connectivity index (χ0) is 18.8. The van der Waals surface area contributed by atoms with Crippen molar-refractivity contribution in [3.05, 3.63) is 40.1 Å². The highest BCUT2D eigenvalue weighted by atomic mass is 16.2. The molecule has 2 aromatic heterocycles. The van der Waals surface area contributed by atoms with Crippen molar-refractivity contribution >= 4 is 11.6 Å². The van der Waals surface area contributed by atoms with Crippen LogP contribution >= 0.6 is 0 Å². The van der Waals surface area contributed by atoms with Crippen LogP contribution in [-0.2, 0) is 25.4 Å². The molecular formula is C18H26N6O2. The molecule has 1 unspecified atom stereocenters. The summed E-state index contributed by atoms with van der Waals surface area (Å²) in [6.45, 7) is 3.97. The van der Waals surface area contributed by atoms with Gasteiger partial charge in [0.05, 0.1) is 23.5 Å². The number of nitrogens with zero attached hydrogens (tertiary/aromatic N) is 6. The summed E-state index contributed by atoms with van der Waals surface area (Å²) >= 11 is 0. The number of amides is 1. The second kappa shape index (κ2) is 7.31. The minimum atomic E-state index is -0.139. The lowest BCUT2D eigenvalue weighted by Crippen LogP contribution is -2.44. The van der Waals surface area contributed by atoms with E-state index in [9.17, 15) is 9.59 Å². The van der Waals surface area contributed by atoms with Crippen LogP contribution in [0, 0.1) is 12.8 Å². The first kappa shape index (κ1) is 18.2. The zero-order valence-electron chi connectivity index (χ0n) is 15.8. The van der Waals surface area contributed by atoms with E-state index >= 15 is 0 Å². The highest BCUT2D eigenvalue weighted by Crippen LogP contribution is 2.23. The van der Waals surface area contributed by atoms with Crippen LogP contribution in [0.3, 0.4) is 0 Å². The average Bonchev–Trinajstić information content (AvgIpc) is 2.93. The van der Waals surface area contributed by atoms with Gasteiger partial charge < -0.3 is 9.80 Å². The third-order valence-corrected chi connectivity index (χ3v) is 4.99. The van der Waals surface area contributed by atoms with E-state index in [1.807, 2.05) is 27.2 Å². The van der Waals surface area contributed by atoms with E-state index in [2.05, 4.69) is 15.1 Å². The molecule has 1 saturated heterocycles. The number of anilines is 1. The van der Waals surface area contributed by atoms with Gasteiger partial charge in [-0.1, -0.05) is 0 Å². The van der Waals surface area contributed by atoms with Crippen molar-refractivity contribution < 1.29 is 4.79 Å². The number of hydrogen-bond acceptors (Lipinski definition) is 5. The fourth-order valence-electron chi connectivity index (χ4n) is 3.50. The Balaban J connectivity index is 1.68. The molecule has 1 aliphatic heterocycles. The van der Waals surface area contributed by atoms with Crippen molar-refractivity contribution in [3.8, 4) is 0 Å². The van der Waals surface area contributed by atoms with Crippen molar-refractivity contribution in [3.63, 3.8) is 0 Å². The molecule has 140 valence electrons. The first-order chi connectivity index (χ1) is 12.3. The molecule has 0 N–H and O–H groups in total. The van der Waals surface area contributed by atoms with E-state index in [0.29, 0.717) is 13.1 Å². The molecule has 0 bridgehead atoms. The number of piperidine rings is 1. The van der Waals surface area contributed by atoms with Crippen molar-refractivity contribution in [2.75, 3.05) is 25.0 Å². The van der Waals surface area contributed by atoms with Crippen LogP contribution < -0.4 is 10.5 Å². The van der Waals surface area contributed by atoms with E-state index in [-0.39, 0.29) is 17.4 Å². The molecule has 8 nitrogen and oxygen atoms in total. The van der Waals surface area contributed by atoms with E-state index in [0.717, 1.165) is 36.3 Å². The lowest BCUT2D eigenvalue weighted by molar-refractivity contribution is -0.135. The highest BCUT2D eigenvalue weighted by molar-refractivity contribution is 5.79. The molecule has 1 amide bonds. The molecule has 1 atom stereocenters. The number of hydrogen-bond donors (Lipinski definition) is 0. The summed E-state index contributed by atoms with van der Waals surface area (Å²) in [6.07, 6.45) is 5.43. The Morgan fingerprint density at radius 2 is 2.15 bits per heavy atom. The van der Waals surface area contributed by atoms with Gasteiger partial charge >= 0.3 is 0 Å². The van der Waals surface area contributed by atoms with Crippen molar-refractivity contribution in [1.82, 2.24) is 24.5 Å². The van der Waals surface area contributed by atoms with Gasteiger partial charge in [-0.15, -0.1) is 0 Å². The fourth-order valence-corrected chi connectivity index (χ4v) is 3.50. The molecule has 0 spiro atoms. The predicted octanol–water partition coefficient (Wildman–Crippen LogP) is 0.697. The van der Waals surface area contributed by atoms with Crippen LogP contribution in [-0.4, -0.2) is 50.5 Å². The molecule has 26 heavy (non-hydrogen) atoms. The fraction of sp³-hybridized carbons (Fsp3) is 0.556. The van der Waals surface area contributed by atoms with Gasteiger partial charge in [-0.25, -0.2) is 4.68 Å². The lowest BCUT2D eigenvalue weighted by Gasteiger charge is -2.35. The van der Waals surface area contributed by atoms with Gasteiger partial charge in [0, 0.05) is 58.6 Å². The SMILES string of the molecule is Cc1nn(C)cc1CN(C)C(=O)C1CCCN(c2cnn(C)c(=O)c2)C1. The Morgan fingerprint density at radius 3 is 2.81 bits per heavy atom. The average molecular weight is 358 g/mol. The lowest BCUT2D eigenvalue weighted by atomic mass is 9.96. The molecule has 1 aliphatic rings. The van der Waals surface area contributed by atoms with Crippen LogP contribution in [0.4, 0.5) is 5.69 Å². The van der Waals surface area contributed by atoms with Gasteiger partial charge in [-0.05, 0) is 19.8 Å². The Hall–Kier alpha value is -2.64. The van der Waals surface area contributed by atoms with Crippen molar-refractivity contribution in [1.29, 1.82) is 0 Å². The van der Waals surface area contributed by atoms with Gasteiger partial charge in [0.1, 0.15) is 0 Å². The summed E-state index contributed by atoms with van der Waals surface area (Å²) in [5.41, 5.74) is 2.66. The molecular weight excluding hydrogens is 332 g/mol. The quantitative estimate of drug-likeness (QED) is 0.804. The van der Waals surface area contributed by atoms with Crippen LogP contribution in [0.15, 0.2) is 23.3 Å². The van der Waals surface area contributed by atoms with Crippen LogP contribution in [0.25, 0.3) is 0 Å². The molecule has 3 heterocycles. The topological polar surface area (TPSA) is 76.3 Å². The third-order valence-electron chi connectivity index (χ3n) is 4.99. The van der Waals surface area contributed by atoms with E-state index < -0.39 is 0 Å². The molecule has 0 saturated carbocycles. The number of carbonyl (C=O) groups is 1. The second-order valence-electron chi connectivity index (χ2n) is 7.07. The van der Waals surface area contributed by atoms with Gasteiger partial charge in [0.25, 0.3) is 5.56 Å². The number of rotatable bonds is 4. The normalized spacial score (nSPS) is 17.4. The Morgan fingerprint density at radius 1 is 1.38 bits per heavy atom. The minimum absolute atomic E-state index is 0.0743. The number of aromatic nitrogens is 4. The molecule has 1 fully saturated rings. The van der Waals surface area contributed by atoms with Crippen LogP contribution in [0.5, 0.6) is 0 Å². The largest absolute Gasteiger partial charge is 0.369 e. The molecule has 3 rings (SSSR count). The smallest absolute Gasteiger partial charge is 0.268 e. The third kappa shape index (κ3) is 3.79. The summed E-state index contributed by atoms with van der Waals surface area (Å²) in [4.78, 5) is 28.6. The molecule has 0 radical (unpaired) electrons. The Bertz CT molecular complexity index is 856. The maximum absolute atomic E-state index is 12.9. The van der Waals surface area contributed by atoms with Crippen LogP contribution in [0.1, 0.15) is 24.1 Å². The van der Waals surface area contributed by atoms with E-state index in [1.54, 1.807) is 28.9 Å². The minimum Gasteiger partial charge on any atom is -0.369 e. The van der Waals surface area contributed by atoms with Gasteiger partial charge in [-0.3, -0.25) is 14.3 Å². The Kier molecular flexibility index (Phi) is 5.11. The van der Waals surface area contributed by atoms with E-state index in [4.69, 9.17) is 0 Å². The summed E-state index contributed by atoms with van der Waals surface area (Å²) in [5.74, 6) is 0.0598. The zero-order valence-corrected chi connectivity index (χ0v) is 15.8. The van der Waals surface area contributed by atoms with Gasteiger partial charge in [0.15, 0.2) is 0 Å². The maximum atomic E-state index is 12.9. The summed E-state index contributed by atoms with van der Waals surface area (Å²) < 4.78 is 3.08. The molecule has 8 heteroatoms. The first-order valence-corrected chi connectivity index (χ1v) is 8.87. The van der Waals surface area contributed by atoms with E-state index in [1.165, 1.54) is 4.68 Å². The predicted molar refractivity (Wildman–Crippen MR) is 98.8 cm³/mol. The highest BCUT2D eigenvalue weighted by Gasteiger charge is 2.28. The molecule has 2 aromatic rings. The molecule has 0 aliphatic carbocycles. The monoisotopic (exact) mass is 358 g/mol.